The van der Waals surface area contributed by atoms with E-state index < -0.39 is 4.92 Å². The molecule has 0 saturated heterocycles. The molecule has 0 aliphatic rings. The highest BCUT2D eigenvalue weighted by Gasteiger charge is 2.09. The summed E-state index contributed by atoms with van der Waals surface area (Å²) >= 11 is 1.61. The summed E-state index contributed by atoms with van der Waals surface area (Å²) in [6, 6.07) is 18.1. The zero-order valence-electron chi connectivity index (χ0n) is 15.6. The number of non-ortho nitro benzene ring substituents is 1. The van der Waals surface area contributed by atoms with Crippen LogP contribution in [0.3, 0.4) is 0 Å². The highest BCUT2D eigenvalue weighted by Crippen LogP contribution is 2.27. The molecule has 0 fully saturated rings. The normalized spacial score (nSPS) is 10.7. The van der Waals surface area contributed by atoms with Crippen molar-refractivity contribution in [1.29, 1.82) is 0 Å². The Morgan fingerprint density at radius 1 is 1.07 bits per heavy atom. The molecule has 4 rings (SSSR count). The fourth-order valence-electron chi connectivity index (χ4n) is 2.87. The van der Waals surface area contributed by atoms with Gasteiger partial charge in [-0.05, 0) is 24.6 Å². The maximum absolute atomic E-state index is 10.9. The Bertz CT molecular complexity index is 1160. The fraction of sp³-hybridized carbons (Fsp3) is 0.0952. The molecule has 0 amide bonds. The van der Waals surface area contributed by atoms with E-state index >= 15 is 0 Å². The summed E-state index contributed by atoms with van der Waals surface area (Å²) in [7, 11) is 0. The van der Waals surface area contributed by atoms with Gasteiger partial charge >= 0.3 is 0 Å². The number of rotatable bonds is 6. The molecule has 0 radical (unpaired) electrons. The molecule has 29 heavy (non-hydrogen) atoms. The van der Waals surface area contributed by atoms with Crippen LogP contribution >= 0.6 is 11.3 Å². The zero-order valence-corrected chi connectivity index (χ0v) is 16.4. The maximum Gasteiger partial charge on any atom is 0.270 e. The van der Waals surface area contributed by atoms with Crippen LogP contribution in [0.4, 0.5) is 11.5 Å². The third-order valence-electron chi connectivity index (χ3n) is 4.40. The number of anilines is 1. The predicted molar refractivity (Wildman–Crippen MR) is 114 cm³/mol. The van der Waals surface area contributed by atoms with E-state index in [0.717, 1.165) is 16.3 Å². The lowest BCUT2D eigenvalue weighted by Gasteiger charge is -2.05. The van der Waals surface area contributed by atoms with Crippen molar-refractivity contribution in [1.82, 2.24) is 15.2 Å². The number of nitrogens with zero attached hydrogens (tertiary/aromatic N) is 4. The topological polar surface area (TPSA) is 93.8 Å². The van der Waals surface area contributed by atoms with Crippen LogP contribution in [0.5, 0.6) is 0 Å². The molecule has 0 saturated carbocycles. The van der Waals surface area contributed by atoms with Crippen molar-refractivity contribution in [3.8, 4) is 21.8 Å². The second-order valence-corrected chi connectivity index (χ2v) is 7.28. The average molecular weight is 403 g/mol. The summed E-state index contributed by atoms with van der Waals surface area (Å²) in [5.41, 5.74) is 4.53. The van der Waals surface area contributed by atoms with Crippen molar-refractivity contribution in [2.45, 2.75) is 13.5 Å². The third-order valence-corrected chi connectivity index (χ3v) is 5.32. The monoisotopic (exact) mass is 403 g/mol. The van der Waals surface area contributed by atoms with Gasteiger partial charge in [0, 0.05) is 28.6 Å². The molecule has 0 unspecified atom stereocenters. The number of hydrogen-bond donors (Lipinski definition) is 1. The minimum Gasteiger partial charge on any atom is -0.363 e. The summed E-state index contributed by atoms with van der Waals surface area (Å²) in [4.78, 5) is 15.2. The summed E-state index contributed by atoms with van der Waals surface area (Å²) in [6.45, 7) is 2.61. The van der Waals surface area contributed by atoms with E-state index in [-0.39, 0.29) is 5.69 Å². The van der Waals surface area contributed by atoms with Crippen LogP contribution in [-0.2, 0) is 6.54 Å². The highest BCUT2D eigenvalue weighted by atomic mass is 32.1. The van der Waals surface area contributed by atoms with Crippen molar-refractivity contribution in [3.63, 3.8) is 0 Å². The molecule has 4 aromatic rings. The Morgan fingerprint density at radius 2 is 1.93 bits per heavy atom. The molecule has 0 aliphatic heterocycles. The Morgan fingerprint density at radius 3 is 2.69 bits per heavy atom. The summed E-state index contributed by atoms with van der Waals surface area (Å²) in [6.07, 6.45) is 0. The minimum absolute atomic E-state index is 0.0273. The molecule has 0 bridgehead atoms. The number of aryl methyl sites for hydroxylation is 1. The molecule has 7 nitrogen and oxygen atoms in total. The first-order valence-electron chi connectivity index (χ1n) is 8.93. The lowest BCUT2D eigenvalue weighted by Crippen LogP contribution is -2.03. The molecule has 8 heteroatoms. The van der Waals surface area contributed by atoms with Crippen molar-refractivity contribution >= 4 is 22.8 Å². The quantitative estimate of drug-likeness (QED) is 0.356. The molecule has 1 N–H and O–H groups in total. The predicted octanol–water partition coefficient (Wildman–Crippen LogP) is 5.10. The van der Waals surface area contributed by atoms with Gasteiger partial charge in [0.05, 0.1) is 22.9 Å². The van der Waals surface area contributed by atoms with Gasteiger partial charge in [-0.1, -0.05) is 36.4 Å². The van der Waals surface area contributed by atoms with Crippen LogP contribution in [-0.4, -0.2) is 20.1 Å². The van der Waals surface area contributed by atoms with Gasteiger partial charge in [-0.3, -0.25) is 10.1 Å². The third kappa shape index (κ3) is 4.27. The van der Waals surface area contributed by atoms with Gasteiger partial charge in [-0.25, -0.2) is 4.98 Å². The maximum atomic E-state index is 10.9. The zero-order chi connectivity index (χ0) is 20.2. The molecule has 2 aromatic carbocycles. The average Bonchev–Trinajstić information content (AvgIpc) is 3.22. The van der Waals surface area contributed by atoms with Crippen molar-refractivity contribution in [2.24, 2.45) is 0 Å². The number of benzene rings is 2. The van der Waals surface area contributed by atoms with Gasteiger partial charge in [-0.15, -0.1) is 21.5 Å². The van der Waals surface area contributed by atoms with Gasteiger partial charge in [0.15, 0.2) is 0 Å². The lowest BCUT2D eigenvalue weighted by molar-refractivity contribution is -0.384. The molecule has 2 aromatic heterocycles. The molecule has 0 aliphatic carbocycles. The van der Waals surface area contributed by atoms with E-state index in [9.17, 15) is 10.1 Å². The standard InChI is InChI=1S/C21H17N5O2S/c1-14-5-2-3-8-18(14)21-23-16(13-29-21)12-22-20-10-9-19(24-25-20)15-6-4-7-17(11-15)26(27)28/h2-11,13H,12H2,1H3,(H,22,25). The molecule has 2 heterocycles. The summed E-state index contributed by atoms with van der Waals surface area (Å²) < 4.78 is 0. The molecular weight excluding hydrogens is 386 g/mol. The van der Waals surface area contributed by atoms with Crippen LogP contribution in [0, 0.1) is 17.0 Å². The van der Waals surface area contributed by atoms with Crippen molar-refractivity contribution < 1.29 is 4.92 Å². The number of nitro groups is 1. The Labute approximate surface area is 171 Å². The van der Waals surface area contributed by atoms with Gasteiger partial charge in [0.2, 0.25) is 0 Å². The van der Waals surface area contributed by atoms with E-state index in [2.05, 4.69) is 34.6 Å². The number of nitro benzene ring substituents is 1. The highest BCUT2D eigenvalue weighted by molar-refractivity contribution is 7.13. The van der Waals surface area contributed by atoms with Crippen LogP contribution < -0.4 is 5.32 Å². The van der Waals surface area contributed by atoms with E-state index in [1.165, 1.54) is 17.7 Å². The summed E-state index contributed by atoms with van der Waals surface area (Å²) in [5.74, 6) is 0.615. The number of nitrogens with one attached hydrogen (secondary N) is 1. The largest absolute Gasteiger partial charge is 0.363 e. The molecule has 0 spiro atoms. The van der Waals surface area contributed by atoms with E-state index in [1.807, 2.05) is 17.5 Å². The molecular formula is C21H17N5O2S. The van der Waals surface area contributed by atoms with Crippen LogP contribution in [0.25, 0.3) is 21.8 Å². The fourth-order valence-corrected chi connectivity index (χ4v) is 3.77. The van der Waals surface area contributed by atoms with Gasteiger partial charge in [-0.2, -0.15) is 0 Å². The number of hydrogen-bond acceptors (Lipinski definition) is 7. The van der Waals surface area contributed by atoms with Crippen molar-refractivity contribution in [3.05, 3.63) is 87.4 Å². The first kappa shape index (κ1) is 18.7. The second-order valence-electron chi connectivity index (χ2n) is 6.42. The Kier molecular flexibility index (Phi) is 5.26. The molecule has 0 atom stereocenters. The van der Waals surface area contributed by atoms with E-state index in [0.29, 0.717) is 23.6 Å². The first-order chi connectivity index (χ1) is 14.1. The van der Waals surface area contributed by atoms with Crippen LogP contribution in [0.1, 0.15) is 11.3 Å². The first-order valence-corrected chi connectivity index (χ1v) is 9.81. The number of thiazole rings is 1. The van der Waals surface area contributed by atoms with Gasteiger partial charge in [0.25, 0.3) is 5.69 Å². The SMILES string of the molecule is Cc1ccccc1-c1nc(CNc2ccc(-c3cccc([N+](=O)[O-])c3)nn2)cs1. The minimum atomic E-state index is -0.425. The van der Waals surface area contributed by atoms with E-state index in [1.54, 1.807) is 35.6 Å². The van der Waals surface area contributed by atoms with Crippen molar-refractivity contribution in [2.75, 3.05) is 5.32 Å². The Hall–Kier alpha value is -3.65. The van der Waals surface area contributed by atoms with E-state index in [4.69, 9.17) is 4.98 Å². The summed E-state index contributed by atoms with van der Waals surface area (Å²) in [5, 5.41) is 25.5. The van der Waals surface area contributed by atoms with Crippen LogP contribution in [0.15, 0.2) is 66.0 Å². The lowest BCUT2D eigenvalue weighted by atomic mass is 10.1. The van der Waals surface area contributed by atoms with Gasteiger partial charge < -0.3 is 5.32 Å². The Balaban J connectivity index is 1.43. The smallest absolute Gasteiger partial charge is 0.270 e. The number of aromatic nitrogens is 3. The second kappa shape index (κ2) is 8.15. The molecule has 144 valence electrons. The van der Waals surface area contributed by atoms with Crippen LogP contribution in [0.2, 0.25) is 0 Å². The van der Waals surface area contributed by atoms with Gasteiger partial charge in [0.1, 0.15) is 10.8 Å².